The fourth-order valence-corrected chi connectivity index (χ4v) is 6.91. The van der Waals surface area contributed by atoms with Gasteiger partial charge in [0, 0.05) is 38.1 Å². The zero-order chi connectivity index (χ0) is 31.9. The topological polar surface area (TPSA) is 90.0 Å². The molecule has 3 aromatic carbocycles. The van der Waals surface area contributed by atoms with E-state index < -0.39 is 28.7 Å². The van der Waals surface area contributed by atoms with Crippen LogP contribution in [0.15, 0.2) is 72.8 Å². The summed E-state index contributed by atoms with van der Waals surface area (Å²) in [4.78, 5) is 30.1. The highest BCUT2D eigenvalue weighted by Crippen LogP contribution is 2.27. The van der Waals surface area contributed by atoms with Crippen molar-refractivity contribution in [3.8, 4) is 0 Å². The summed E-state index contributed by atoms with van der Waals surface area (Å²) in [5, 5.41) is 3.68. The molecule has 44 heavy (non-hydrogen) atoms. The fourth-order valence-electron chi connectivity index (χ4n) is 5.60. The molecule has 1 unspecified atom stereocenters. The molecule has 2 amide bonds. The molecule has 0 radical (unpaired) electrons. The summed E-state index contributed by atoms with van der Waals surface area (Å²) in [7, 11) is -1.20. The van der Waals surface area contributed by atoms with Crippen molar-refractivity contribution >= 4 is 39.3 Å². The van der Waals surface area contributed by atoms with Gasteiger partial charge in [-0.25, -0.2) is 4.31 Å². The lowest BCUT2D eigenvalue weighted by atomic mass is 9.94. The molecule has 0 saturated heterocycles. The normalized spacial score (nSPS) is 14.7. The van der Waals surface area contributed by atoms with E-state index in [1.165, 1.54) is 19.0 Å². The minimum absolute atomic E-state index is 0.0346. The number of amides is 2. The maximum Gasteiger partial charge on any atom is 0.304 e. The number of nitrogens with zero attached hydrogens (tertiary/aromatic N) is 3. The van der Waals surface area contributed by atoms with Crippen LogP contribution in [0.4, 0.5) is 5.69 Å². The molecule has 236 valence electrons. The number of aryl methyl sites for hydroxylation is 2. The number of benzene rings is 3. The van der Waals surface area contributed by atoms with Crippen LogP contribution in [0.3, 0.4) is 0 Å². The molecule has 8 nitrogen and oxygen atoms in total. The van der Waals surface area contributed by atoms with Crippen molar-refractivity contribution in [3.05, 3.63) is 100 Å². The Morgan fingerprint density at radius 3 is 2.25 bits per heavy atom. The van der Waals surface area contributed by atoms with Gasteiger partial charge in [-0.05, 0) is 61.1 Å². The number of hydrogen-bond acceptors (Lipinski definition) is 4. The third-order valence-corrected chi connectivity index (χ3v) is 10.3. The molecule has 0 heterocycles. The third-order valence-electron chi connectivity index (χ3n) is 8.17. The van der Waals surface area contributed by atoms with Crippen molar-refractivity contribution < 1.29 is 18.0 Å². The van der Waals surface area contributed by atoms with Crippen molar-refractivity contribution in [3.63, 3.8) is 0 Å². The molecule has 0 aliphatic heterocycles. The maximum absolute atomic E-state index is 14.5. The van der Waals surface area contributed by atoms with Gasteiger partial charge in [0.2, 0.25) is 11.8 Å². The van der Waals surface area contributed by atoms with Gasteiger partial charge >= 0.3 is 10.2 Å². The van der Waals surface area contributed by atoms with Gasteiger partial charge in [0.05, 0.1) is 5.69 Å². The lowest BCUT2D eigenvalue weighted by molar-refractivity contribution is -0.140. The number of halogens is 1. The number of hydrogen-bond donors (Lipinski definition) is 1. The van der Waals surface area contributed by atoms with E-state index in [4.69, 9.17) is 11.6 Å². The molecule has 0 bridgehead atoms. The second kappa shape index (κ2) is 15.1. The average Bonchev–Trinajstić information content (AvgIpc) is 3.00. The molecule has 10 heteroatoms. The van der Waals surface area contributed by atoms with Crippen LogP contribution in [0.2, 0.25) is 5.02 Å². The van der Waals surface area contributed by atoms with Crippen LogP contribution in [0, 0.1) is 13.8 Å². The van der Waals surface area contributed by atoms with Crippen LogP contribution in [-0.4, -0.2) is 62.2 Å². The van der Waals surface area contributed by atoms with Crippen LogP contribution < -0.4 is 9.62 Å². The monoisotopic (exact) mass is 638 g/mol. The number of anilines is 1. The van der Waals surface area contributed by atoms with Gasteiger partial charge in [-0.1, -0.05) is 91.5 Å². The Kier molecular flexibility index (Phi) is 11.5. The highest BCUT2D eigenvalue weighted by Gasteiger charge is 2.36. The maximum atomic E-state index is 14.5. The van der Waals surface area contributed by atoms with Crippen molar-refractivity contribution in [1.29, 1.82) is 0 Å². The molecular formula is C34H43ClN4O4S. The molecule has 3 aromatic rings. The summed E-state index contributed by atoms with van der Waals surface area (Å²) in [6.45, 7) is 3.24. The van der Waals surface area contributed by atoms with Gasteiger partial charge in [-0.15, -0.1) is 0 Å². The Hall–Kier alpha value is -3.40. The van der Waals surface area contributed by atoms with Crippen LogP contribution in [0.1, 0.15) is 54.4 Å². The minimum Gasteiger partial charge on any atom is -0.352 e. The fraction of sp³-hybridized carbons (Fsp3) is 0.412. The predicted octanol–water partition coefficient (Wildman–Crippen LogP) is 5.66. The highest BCUT2D eigenvalue weighted by molar-refractivity contribution is 7.90. The Labute approximate surface area is 267 Å². The van der Waals surface area contributed by atoms with Crippen LogP contribution in [0.5, 0.6) is 0 Å². The molecule has 1 saturated carbocycles. The minimum atomic E-state index is -4.08. The molecule has 0 spiro atoms. The van der Waals surface area contributed by atoms with Crippen LogP contribution in [-0.2, 0) is 32.8 Å². The first-order valence-electron chi connectivity index (χ1n) is 15.1. The summed E-state index contributed by atoms with van der Waals surface area (Å²) in [6, 6.07) is 21.4. The van der Waals surface area contributed by atoms with Crippen molar-refractivity contribution in [2.24, 2.45) is 0 Å². The lowest BCUT2D eigenvalue weighted by Crippen LogP contribution is -2.55. The lowest BCUT2D eigenvalue weighted by Gasteiger charge is -2.36. The quantitative estimate of drug-likeness (QED) is 0.277. The zero-order valence-electron chi connectivity index (χ0n) is 26.0. The van der Waals surface area contributed by atoms with Gasteiger partial charge in [-0.3, -0.25) is 9.59 Å². The van der Waals surface area contributed by atoms with Crippen molar-refractivity contribution in [2.45, 2.75) is 71.0 Å². The first kappa shape index (κ1) is 33.5. The number of carbonyl (C=O) groups is 2. The van der Waals surface area contributed by atoms with E-state index in [0.29, 0.717) is 21.8 Å². The van der Waals surface area contributed by atoms with Gasteiger partial charge < -0.3 is 10.2 Å². The molecule has 4 rings (SSSR count). The van der Waals surface area contributed by atoms with Gasteiger partial charge in [0.15, 0.2) is 0 Å². The molecule has 1 atom stereocenters. The molecule has 1 aliphatic rings. The second-order valence-corrected chi connectivity index (χ2v) is 14.2. The van der Waals surface area contributed by atoms with E-state index in [1.807, 2.05) is 68.4 Å². The smallest absolute Gasteiger partial charge is 0.304 e. The molecule has 1 N–H and O–H groups in total. The Bertz CT molecular complexity index is 1540. The number of carbonyl (C=O) groups excluding carboxylic acids is 2. The molecule has 1 fully saturated rings. The van der Waals surface area contributed by atoms with Crippen LogP contribution >= 0.6 is 11.6 Å². The van der Waals surface area contributed by atoms with E-state index in [1.54, 1.807) is 18.2 Å². The second-order valence-electron chi connectivity index (χ2n) is 11.7. The molecule has 0 aromatic heterocycles. The van der Waals surface area contributed by atoms with E-state index in [0.717, 1.165) is 51.8 Å². The predicted molar refractivity (Wildman–Crippen MR) is 177 cm³/mol. The van der Waals surface area contributed by atoms with Gasteiger partial charge in [0.1, 0.15) is 12.6 Å². The number of rotatable bonds is 12. The summed E-state index contributed by atoms with van der Waals surface area (Å²) in [5.41, 5.74) is 3.54. The van der Waals surface area contributed by atoms with Crippen LogP contribution in [0.25, 0.3) is 0 Å². The zero-order valence-corrected chi connectivity index (χ0v) is 27.6. The van der Waals surface area contributed by atoms with Crippen molar-refractivity contribution in [1.82, 2.24) is 14.5 Å². The van der Waals surface area contributed by atoms with E-state index in [2.05, 4.69) is 5.32 Å². The third kappa shape index (κ3) is 8.40. The molecule has 1 aliphatic carbocycles. The summed E-state index contributed by atoms with van der Waals surface area (Å²) >= 11 is 6.58. The number of nitrogens with one attached hydrogen (secondary N) is 1. The molecular weight excluding hydrogens is 596 g/mol. The van der Waals surface area contributed by atoms with E-state index in [-0.39, 0.29) is 24.9 Å². The Morgan fingerprint density at radius 1 is 0.932 bits per heavy atom. The first-order valence-corrected chi connectivity index (χ1v) is 16.9. The van der Waals surface area contributed by atoms with E-state index in [9.17, 15) is 18.0 Å². The Morgan fingerprint density at radius 2 is 1.59 bits per heavy atom. The summed E-state index contributed by atoms with van der Waals surface area (Å²) in [5.74, 6) is -0.758. The van der Waals surface area contributed by atoms with Gasteiger partial charge in [0.25, 0.3) is 0 Å². The average molecular weight is 639 g/mol. The largest absolute Gasteiger partial charge is 0.352 e. The summed E-state index contributed by atoms with van der Waals surface area (Å²) in [6.07, 6.45) is 5.28. The van der Waals surface area contributed by atoms with Gasteiger partial charge in [-0.2, -0.15) is 12.7 Å². The Balaban J connectivity index is 1.78. The first-order chi connectivity index (χ1) is 21.0. The highest BCUT2D eigenvalue weighted by atomic mass is 35.5. The van der Waals surface area contributed by atoms with Crippen molar-refractivity contribution in [2.75, 3.05) is 24.9 Å². The SMILES string of the molecule is Cc1ccc(C)c(N(CC(=O)N(Cc2ccccc2Cl)C(Cc2ccccc2)C(=O)NC2CCCCC2)S(=O)(=O)N(C)C)c1. The standard InChI is InChI=1S/C34H43ClN4O4S/c1-25-19-20-26(2)31(21-25)39(44(42,43)37(3)4)24-33(40)38(23-28-15-11-12-18-30(28)35)32(22-27-13-7-5-8-14-27)34(41)36-29-16-9-6-10-17-29/h5,7-8,11-15,18-21,29,32H,6,9-10,16-17,22-24H2,1-4H3,(H,36,41). The van der Waals surface area contributed by atoms with E-state index >= 15 is 0 Å². The summed E-state index contributed by atoms with van der Waals surface area (Å²) < 4.78 is 29.6.